The number of fused-ring (bicyclic) bond motifs is 1. The van der Waals surface area contributed by atoms with Crippen molar-refractivity contribution in [2.24, 2.45) is 0 Å². The van der Waals surface area contributed by atoms with Crippen LogP contribution in [0.5, 0.6) is 5.75 Å². The van der Waals surface area contributed by atoms with Crippen molar-refractivity contribution in [1.82, 2.24) is 5.32 Å². The van der Waals surface area contributed by atoms with Gasteiger partial charge < -0.3 is 24.4 Å². The summed E-state index contributed by atoms with van der Waals surface area (Å²) in [4.78, 5) is 34.8. The summed E-state index contributed by atoms with van der Waals surface area (Å²) in [5.41, 5.74) is 0.662. The summed E-state index contributed by atoms with van der Waals surface area (Å²) in [7, 11) is 0. The van der Waals surface area contributed by atoms with Crippen LogP contribution in [0, 0.1) is 6.92 Å². The smallest absolute Gasteiger partial charge is 0.336 e. The first-order valence-electron chi connectivity index (χ1n) is 8.03. The quantitative estimate of drug-likeness (QED) is 0.679. The van der Waals surface area contributed by atoms with E-state index in [9.17, 15) is 19.5 Å². The Morgan fingerprint density at radius 1 is 1.35 bits per heavy atom. The van der Waals surface area contributed by atoms with Crippen LogP contribution in [0.15, 0.2) is 33.5 Å². The van der Waals surface area contributed by atoms with Gasteiger partial charge in [-0.1, -0.05) is 0 Å². The predicted molar refractivity (Wildman–Crippen MR) is 97.2 cm³/mol. The standard InChI is InChI=1S/C18H21NO6S/c1-10-8-16(20)25-15-9-12(4-5-13(10)15)24-11(2)17(21)19-14(18(22)23)6-7-26-3/h4-5,8-9,11,14H,6-7H2,1-3H3,(H,19,21)(H,22,23)/p-1/t11-,14-/m1/s1. The maximum absolute atomic E-state index is 12.2. The normalized spacial score (nSPS) is 13.2. The van der Waals surface area contributed by atoms with Crippen molar-refractivity contribution in [3.8, 4) is 5.75 Å². The zero-order chi connectivity index (χ0) is 19.3. The maximum Gasteiger partial charge on any atom is 0.336 e. The molecule has 2 aromatic rings. The summed E-state index contributed by atoms with van der Waals surface area (Å²) in [5.74, 6) is -0.978. The molecule has 2 rings (SSSR count). The van der Waals surface area contributed by atoms with Crippen LogP contribution in [-0.4, -0.2) is 36.0 Å². The molecule has 0 saturated carbocycles. The highest BCUT2D eigenvalue weighted by Crippen LogP contribution is 2.23. The zero-order valence-corrected chi connectivity index (χ0v) is 15.6. The van der Waals surface area contributed by atoms with Crippen molar-refractivity contribution in [1.29, 1.82) is 0 Å². The fraction of sp³-hybridized carbons (Fsp3) is 0.389. The third kappa shape index (κ3) is 5.01. The molecular formula is C18H20NO6S-. The summed E-state index contributed by atoms with van der Waals surface area (Å²) >= 11 is 1.48. The van der Waals surface area contributed by atoms with Crippen LogP contribution in [0.1, 0.15) is 18.9 Å². The average molecular weight is 378 g/mol. The highest BCUT2D eigenvalue weighted by Gasteiger charge is 2.20. The SMILES string of the molecule is CSCC[C@@H](NC(=O)[C@@H](C)Oc1ccc2c(C)cc(=O)oc2c1)C(=O)[O-]. The fourth-order valence-corrected chi connectivity index (χ4v) is 2.88. The molecule has 0 bridgehead atoms. The fourth-order valence-electron chi connectivity index (χ4n) is 2.41. The van der Waals surface area contributed by atoms with Crippen molar-refractivity contribution in [2.45, 2.75) is 32.4 Å². The predicted octanol–water partition coefficient (Wildman–Crippen LogP) is 0.857. The second-order valence-corrected chi connectivity index (χ2v) is 6.81. The minimum absolute atomic E-state index is 0.266. The van der Waals surface area contributed by atoms with Crippen molar-refractivity contribution in [3.05, 3.63) is 40.2 Å². The molecule has 0 aliphatic heterocycles. The monoisotopic (exact) mass is 378 g/mol. The van der Waals surface area contributed by atoms with Gasteiger partial charge in [0.2, 0.25) is 0 Å². The minimum Gasteiger partial charge on any atom is -0.548 e. The number of amides is 1. The first-order valence-corrected chi connectivity index (χ1v) is 9.42. The highest BCUT2D eigenvalue weighted by molar-refractivity contribution is 7.98. The second-order valence-electron chi connectivity index (χ2n) is 5.83. The molecule has 140 valence electrons. The summed E-state index contributed by atoms with van der Waals surface area (Å²) in [5, 5.41) is 14.3. The van der Waals surface area contributed by atoms with Gasteiger partial charge in [-0.05, 0) is 50.0 Å². The van der Waals surface area contributed by atoms with Crippen LogP contribution in [0.3, 0.4) is 0 Å². The van der Waals surface area contributed by atoms with Crippen LogP contribution < -0.4 is 20.8 Å². The van der Waals surface area contributed by atoms with Gasteiger partial charge in [-0.2, -0.15) is 11.8 Å². The van der Waals surface area contributed by atoms with E-state index in [0.717, 1.165) is 10.9 Å². The molecule has 1 aromatic carbocycles. The van der Waals surface area contributed by atoms with E-state index >= 15 is 0 Å². The van der Waals surface area contributed by atoms with Gasteiger partial charge in [-0.25, -0.2) is 4.79 Å². The van der Waals surface area contributed by atoms with Crippen molar-refractivity contribution in [2.75, 3.05) is 12.0 Å². The Hall–Kier alpha value is -2.48. The van der Waals surface area contributed by atoms with Crippen LogP contribution in [0.4, 0.5) is 0 Å². The Balaban J connectivity index is 2.09. The number of carboxylic acids is 1. The van der Waals surface area contributed by atoms with E-state index in [1.165, 1.54) is 30.8 Å². The number of hydrogen-bond donors (Lipinski definition) is 1. The number of hydrogen-bond acceptors (Lipinski definition) is 7. The molecule has 8 heteroatoms. The van der Waals surface area contributed by atoms with Crippen LogP contribution >= 0.6 is 11.8 Å². The van der Waals surface area contributed by atoms with Crippen molar-refractivity contribution < 1.29 is 23.8 Å². The minimum atomic E-state index is -1.33. The second kappa shape index (κ2) is 8.75. The number of nitrogens with one attached hydrogen (secondary N) is 1. The van der Waals surface area contributed by atoms with Crippen LogP contribution in [0.2, 0.25) is 0 Å². The van der Waals surface area contributed by atoms with E-state index in [0.29, 0.717) is 17.1 Å². The van der Waals surface area contributed by atoms with E-state index in [-0.39, 0.29) is 6.42 Å². The topological polar surface area (TPSA) is 109 Å². The molecule has 0 aliphatic rings. The first kappa shape index (κ1) is 19.8. The Labute approximate surface area is 154 Å². The number of aryl methyl sites for hydroxylation is 1. The molecule has 2 atom stereocenters. The molecular weight excluding hydrogens is 358 g/mol. The number of rotatable bonds is 8. The van der Waals surface area contributed by atoms with Gasteiger partial charge >= 0.3 is 5.63 Å². The molecule has 7 nitrogen and oxygen atoms in total. The van der Waals surface area contributed by atoms with Gasteiger partial charge in [0.15, 0.2) is 6.10 Å². The van der Waals surface area contributed by atoms with Gasteiger partial charge in [0.1, 0.15) is 11.3 Å². The van der Waals surface area contributed by atoms with Gasteiger partial charge in [0.05, 0.1) is 12.0 Å². The van der Waals surface area contributed by atoms with Crippen LogP contribution in [0.25, 0.3) is 11.0 Å². The van der Waals surface area contributed by atoms with Crippen molar-refractivity contribution in [3.63, 3.8) is 0 Å². The maximum atomic E-state index is 12.2. The van der Waals surface area contributed by atoms with Gasteiger partial charge in [0, 0.05) is 17.5 Å². The molecule has 1 aromatic heterocycles. The lowest BCUT2D eigenvalue weighted by atomic mass is 10.1. The number of benzene rings is 1. The third-order valence-corrected chi connectivity index (χ3v) is 4.46. The van der Waals surface area contributed by atoms with E-state index < -0.39 is 29.6 Å². The zero-order valence-electron chi connectivity index (χ0n) is 14.7. The van der Waals surface area contributed by atoms with Crippen LogP contribution in [-0.2, 0) is 9.59 Å². The van der Waals surface area contributed by atoms with E-state index in [1.807, 2.05) is 6.26 Å². The number of carbonyl (C=O) groups is 2. The average Bonchev–Trinajstić information content (AvgIpc) is 2.57. The lowest BCUT2D eigenvalue weighted by Gasteiger charge is -2.22. The van der Waals surface area contributed by atoms with Crippen molar-refractivity contribution >= 4 is 34.6 Å². The first-order chi connectivity index (χ1) is 12.3. The Kier molecular flexibility index (Phi) is 6.68. The van der Waals surface area contributed by atoms with E-state index in [4.69, 9.17) is 9.15 Å². The largest absolute Gasteiger partial charge is 0.548 e. The number of aliphatic carboxylic acids is 1. The number of carboxylic acid groups (broad SMARTS) is 1. The molecule has 1 N–H and O–H groups in total. The number of ether oxygens (including phenoxy) is 1. The summed E-state index contributed by atoms with van der Waals surface area (Å²) in [6.45, 7) is 3.30. The number of thioether (sulfide) groups is 1. The molecule has 0 unspecified atom stereocenters. The summed E-state index contributed by atoms with van der Waals surface area (Å²) in [6, 6.07) is 5.24. The molecule has 0 saturated heterocycles. The molecule has 0 aliphatic carbocycles. The molecule has 1 heterocycles. The van der Waals surface area contributed by atoms with Gasteiger partial charge in [0.25, 0.3) is 5.91 Å². The molecule has 1 amide bonds. The third-order valence-electron chi connectivity index (χ3n) is 3.82. The molecule has 0 fully saturated rings. The molecule has 0 spiro atoms. The lowest BCUT2D eigenvalue weighted by Crippen LogP contribution is -2.51. The molecule has 0 radical (unpaired) electrons. The Bertz CT molecular complexity index is 862. The van der Waals surface area contributed by atoms with Gasteiger partial charge in [-0.3, -0.25) is 4.79 Å². The van der Waals surface area contributed by atoms with E-state index in [1.54, 1.807) is 19.1 Å². The van der Waals surface area contributed by atoms with Gasteiger partial charge in [-0.15, -0.1) is 0 Å². The highest BCUT2D eigenvalue weighted by atomic mass is 32.2. The summed E-state index contributed by atoms with van der Waals surface area (Å²) in [6.07, 6.45) is 1.18. The number of carbonyl (C=O) groups excluding carboxylic acids is 2. The summed E-state index contributed by atoms with van der Waals surface area (Å²) < 4.78 is 10.7. The van der Waals surface area contributed by atoms with E-state index in [2.05, 4.69) is 5.32 Å². The Morgan fingerprint density at radius 2 is 2.08 bits per heavy atom. The Morgan fingerprint density at radius 3 is 2.73 bits per heavy atom. The molecule has 26 heavy (non-hydrogen) atoms. The lowest BCUT2D eigenvalue weighted by molar-refractivity contribution is -0.308.